The molecule has 0 aliphatic heterocycles. The predicted molar refractivity (Wildman–Crippen MR) is 62.9 cm³/mol. The van der Waals surface area contributed by atoms with Crippen LogP contribution in [0.1, 0.15) is 29.8 Å². The Morgan fingerprint density at radius 3 is 1.71 bits per heavy atom. The third kappa shape index (κ3) is 8.94. The van der Waals surface area contributed by atoms with Crippen LogP contribution in [-0.2, 0) is 0 Å². The van der Waals surface area contributed by atoms with Crippen molar-refractivity contribution in [2.45, 2.75) is 20.8 Å². The molecule has 0 spiro atoms. The maximum absolute atomic E-state index is 10.1. The molecule has 2 heteroatoms. The minimum Gasteiger partial charge on any atom is -0.323 e. The van der Waals surface area contributed by atoms with E-state index in [0.717, 1.165) is 11.8 Å². The van der Waals surface area contributed by atoms with Crippen molar-refractivity contribution in [2.24, 2.45) is 0 Å². The molecule has 0 amide bonds. The number of carbonyl (C=O) groups excluding carboxylic acids is 1. The number of nitrogens with one attached hydrogen (secondary N) is 1. The van der Waals surface area contributed by atoms with Gasteiger partial charge in [0, 0.05) is 5.56 Å². The van der Waals surface area contributed by atoms with Crippen molar-refractivity contribution < 1.29 is 4.79 Å². The van der Waals surface area contributed by atoms with Crippen LogP contribution in [0, 0.1) is 6.92 Å². The molecule has 80 valence electrons. The summed E-state index contributed by atoms with van der Waals surface area (Å²) in [7, 11) is 3.75. The molecule has 1 N–H and O–H groups in total. The molecule has 0 bridgehead atoms. The molecule has 0 fully saturated rings. The Labute approximate surface area is 87.3 Å². The van der Waals surface area contributed by atoms with Crippen molar-refractivity contribution in [3.05, 3.63) is 35.4 Å². The van der Waals surface area contributed by atoms with Crippen LogP contribution >= 0.6 is 0 Å². The zero-order valence-electron chi connectivity index (χ0n) is 9.79. The number of rotatable bonds is 1. The fraction of sp³-hybridized carbons (Fsp3) is 0.417. The molecule has 0 heterocycles. The Morgan fingerprint density at radius 1 is 1.07 bits per heavy atom. The van der Waals surface area contributed by atoms with Crippen LogP contribution in [0.25, 0.3) is 0 Å². The van der Waals surface area contributed by atoms with Crippen LogP contribution in [0.4, 0.5) is 0 Å². The van der Waals surface area contributed by atoms with Crippen LogP contribution in [0.2, 0.25) is 0 Å². The van der Waals surface area contributed by atoms with Gasteiger partial charge in [-0.3, -0.25) is 4.79 Å². The van der Waals surface area contributed by atoms with Crippen LogP contribution < -0.4 is 5.32 Å². The molecule has 2 nitrogen and oxygen atoms in total. The van der Waals surface area contributed by atoms with Gasteiger partial charge in [-0.1, -0.05) is 43.7 Å². The van der Waals surface area contributed by atoms with E-state index in [9.17, 15) is 4.79 Å². The molecule has 0 saturated carbocycles. The Morgan fingerprint density at radius 2 is 1.43 bits per heavy atom. The highest BCUT2D eigenvalue weighted by Gasteiger charge is 1.85. The van der Waals surface area contributed by atoms with Gasteiger partial charge in [0.2, 0.25) is 0 Å². The number of carbonyl (C=O) groups is 1. The highest BCUT2D eigenvalue weighted by molar-refractivity contribution is 5.74. The van der Waals surface area contributed by atoms with Gasteiger partial charge in [-0.2, -0.15) is 0 Å². The normalized spacial score (nSPS) is 7.50. The van der Waals surface area contributed by atoms with E-state index < -0.39 is 0 Å². The predicted octanol–water partition coefficient (Wildman–Crippen LogP) is 2.67. The first kappa shape index (κ1) is 15.3. The topological polar surface area (TPSA) is 29.1 Å². The van der Waals surface area contributed by atoms with Gasteiger partial charge in [0.15, 0.2) is 0 Å². The second kappa shape index (κ2) is 11.8. The monoisotopic (exact) mass is 195 g/mol. The fourth-order valence-electron chi connectivity index (χ4n) is 0.645. The van der Waals surface area contributed by atoms with E-state index in [2.05, 4.69) is 5.32 Å². The molecule has 1 aromatic rings. The summed E-state index contributed by atoms with van der Waals surface area (Å²) in [6.07, 6.45) is 0.847. The first-order valence-electron chi connectivity index (χ1n) is 4.85. The van der Waals surface area contributed by atoms with E-state index >= 15 is 0 Å². The van der Waals surface area contributed by atoms with E-state index in [1.807, 2.05) is 59.1 Å². The van der Waals surface area contributed by atoms with Crippen LogP contribution in [-0.4, -0.2) is 20.4 Å². The van der Waals surface area contributed by atoms with Gasteiger partial charge < -0.3 is 5.32 Å². The SMILES string of the molecule is CC.CNC.Cc1ccc(C=O)cc1. The molecule has 1 rings (SSSR count). The molecular formula is C12H21NO. The lowest BCUT2D eigenvalue weighted by atomic mass is 10.2. The van der Waals surface area contributed by atoms with Crippen LogP contribution in [0.5, 0.6) is 0 Å². The van der Waals surface area contributed by atoms with Gasteiger partial charge >= 0.3 is 0 Å². The molecule has 0 aliphatic carbocycles. The van der Waals surface area contributed by atoms with Crippen molar-refractivity contribution in [3.8, 4) is 0 Å². The molecule has 0 atom stereocenters. The molecule has 14 heavy (non-hydrogen) atoms. The highest BCUT2D eigenvalue weighted by atomic mass is 16.1. The lowest BCUT2D eigenvalue weighted by Crippen LogP contribution is -1.89. The summed E-state index contributed by atoms with van der Waals surface area (Å²) in [5.41, 5.74) is 1.92. The summed E-state index contributed by atoms with van der Waals surface area (Å²) in [6, 6.07) is 7.46. The molecule has 0 aliphatic rings. The van der Waals surface area contributed by atoms with Gasteiger partial charge in [0.1, 0.15) is 6.29 Å². The first-order valence-corrected chi connectivity index (χ1v) is 4.85. The molecule has 0 saturated heterocycles. The van der Waals surface area contributed by atoms with E-state index in [1.165, 1.54) is 5.56 Å². The van der Waals surface area contributed by atoms with E-state index in [0.29, 0.717) is 0 Å². The second-order valence-corrected chi connectivity index (χ2v) is 2.53. The van der Waals surface area contributed by atoms with Crippen molar-refractivity contribution in [1.82, 2.24) is 5.32 Å². The fourth-order valence-corrected chi connectivity index (χ4v) is 0.645. The Kier molecular flexibility index (Phi) is 13.0. The summed E-state index contributed by atoms with van der Waals surface area (Å²) in [5.74, 6) is 0. The zero-order valence-corrected chi connectivity index (χ0v) is 9.79. The van der Waals surface area contributed by atoms with Gasteiger partial charge in [-0.05, 0) is 21.0 Å². The summed E-state index contributed by atoms with van der Waals surface area (Å²) >= 11 is 0. The Balaban J connectivity index is 0. The van der Waals surface area contributed by atoms with E-state index in [-0.39, 0.29) is 0 Å². The van der Waals surface area contributed by atoms with E-state index in [1.54, 1.807) is 0 Å². The summed E-state index contributed by atoms with van der Waals surface area (Å²) in [5, 5.41) is 2.75. The maximum Gasteiger partial charge on any atom is 0.150 e. The summed E-state index contributed by atoms with van der Waals surface area (Å²) < 4.78 is 0. The molecular weight excluding hydrogens is 174 g/mol. The maximum atomic E-state index is 10.1. The minimum absolute atomic E-state index is 0.737. The zero-order chi connectivity index (χ0) is 11.4. The van der Waals surface area contributed by atoms with Crippen molar-refractivity contribution in [3.63, 3.8) is 0 Å². The minimum atomic E-state index is 0.737. The second-order valence-electron chi connectivity index (χ2n) is 2.53. The number of benzene rings is 1. The van der Waals surface area contributed by atoms with Gasteiger partial charge in [0.05, 0.1) is 0 Å². The van der Waals surface area contributed by atoms with Crippen LogP contribution in [0.15, 0.2) is 24.3 Å². The van der Waals surface area contributed by atoms with Crippen molar-refractivity contribution >= 4 is 6.29 Å². The summed E-state index contributed by atoms with van der Waals surface area (Å²) in [6.45, 7) is 5.99. The standard InChI is InChI=1S/C8H8O.C2H7N.C2H6/c1-7-2-4-8(6-9)5-3-7;1-3-2;1-2/h2-6H,1H3;3H,1-2H3;1-2H3. The smallest absolute Gasteiger partial charge is 0.150 e. The lowest BCUT2D eigenvalue weighted by molar-refractivity contribution is 0.112. The third-order valence-electron chi connectivity index (χ3n) is 1.21. The molecule has 0 unspecified atom stereocenters. The van der Waals surface area contributed by atoms with Crippen molar-refractivity contribution in [2.75, 3.05) is 14.1 Å². The van der Waals surface area contributed by atoms with Gasteiger partial charge in [0.25, 0.3) is 0 Å². The average molecular weight is 195 g/mol. The molecule has 1 aromatic carbocycles. The van der Waals surface area contributed by atoms with Gasteiger partial charge in [-0.15, -0.1) is 0 Å². The Bertz CT molecular complexity index is 216. The molecule has 0 radical (unpaired) electrons. The quantitative estimate of drug-likeness (QED) is 0.698. The summed E-state index contributed by atoms with van der Waals surface area (Å²) in [4.78, 5) is 10.1. The number of aldehydes is 1. The first-order chi connectivity index (χ1) is 6.74. The highest BCUT2D eigenvalue weighted by Crippen LogP contribution is 1.98. The van der Waals surface area contributed by atoms with Crippen LogP contribution in [0.3, 0.4) is 0 Å². The lowest BCUT2D eigenvalue weighted by Gasteiger charge is -1.89. The number of aryl methyl sites for hydroxylation is 1. The largest absolute Gasteiger partial charge is 0.323 e. The van der Waals surface area contributed by atoms with Crippen molar-refractivity contribution in [1.29, 1.82) is 0 Å². The van der Waals surface area contributed by atoms with Gasteiger partial charge in [-0.25, -0.2) is 0 Å². The molecule has 0 aromatic heterocycles. The number of hydrogen-bond donors (Lipinski definition) is 1. The Hall–Kier alpha value is -1.15. The number of hydrogen-bond acceptors (Lipinski definition) is 2. The third-order valence-corrected chi connectivity index (χ3v) is 1.21. The van der Waals surface area contributed by atoms with E-state index in [4.69, 9.17) is 0 Å². The average Bonchev–Trinajstić information content (AvgIpc) is 2.23.